The van der Waals surface area contributed by atoms with Crippen molar-refractivity contribution in [1.82, 2.24) is 10.2 Å². The van der Waals surface area contributed by atoms with Gasteiger partial charge in [0.2, 0.25) is 0 Å². The van der Waals surface area contributed by atoms with E-state index in [4.69, 9.17) is 0 Å². The van der Waals surface area contributed by atoms with Crippen molar-refractivity contribution in [3.8, 4) is 0 Å². The molecule has 6 heteroatoms. The van der Waals surface area contributed by atoms with Gasteiger partial charge in [-0.15, -0.1) is 0 Å². The van der Waals surface area contributed by atoms with Crippen LogP contribution in [0.2, 0.25) is 0 Å². The zero-order valence-corrected chi connectivity index (χ0v) is 14.9. The maximum atomic E-state index is 12.5. The van der Waals surface area contributed by atoms with Crippen molar-refractivity contribution < 1.29 is 13.2 Å². The van der Waals surface area contributed by atoms with Gasteiger partial charge in [-0.3, -0.25) is 9.69 Å². The number of carbonyl (C=O) groups is 1. The van der Waals surface area contributed by atoms with Gasteiger partial charge in [0.05, 0.1) is 15.7 Å². The van der Waals surface area contributed by atoms with Gasteiger partial charge in [-0.25, -0.2) is 8.42 Å². The van der Waals surface area contributed by atoms with Crippen LogP contribution < -0.4 is 5.32 Å². The molecule has 1 amide bonds. The van der Waals surface area contributed by atoms with Gasteiger partial charge in [-0.2, -0.15) is 0 Å². The second-order valence-electron chi connectivity index (χ2n) is 6.39. The second-order valence-corrected chi connectivity index (χ2v) is 8.86. The molecule has 1 aliphatic rings. The van der Waals surface area contributed by atoms with E-state index in [0.717, 1.165) is 13.1 Å². The molecule has 1 saturated heterocycles. The molecule has 0 aliphatic carbocycles. The second kappa shape index (κ2) is 7.45. The van der Waals surface area contributed by atoms with Gasteiger partial charge >= 0.3 is 0 Å². The van der Waals surface area contributed by atoms with Crippen LogP contribution in [0.3, 0.4) is 0 Å². The van der Waals surface area contributed by atoms with Gasteiger partial charge < -0.3 is 5.32 Å². The molecule has 0 saturated carbocycles. The summed E-state index contributed by atoms with van der Waals surface area (Å²) < 4.78 is 24.8. The molecule has 2 rings (SSSR count). The lowest BCUT2D eigenvalue weighted by Crippen LogP contribution is -2.41. The van der Waals surface area contributed by atoms with E-state index in [2.05, 4.69) is 17.1 Å². The van der Waals surface area contributed by atoms with E-state index in [1.54, 1.807) is 32.0 Å². The Kier molecular flexibility index (Phi) is 5.81. The lowest BCUT2D eigenvalue weighted by molar-refractivity contribution is 0.0937. The average Bonchev–Trinajstić information content (AvgIpc) is 3.06. The van der Waals surface area contributed by atoms with Gasteiger partial charge in [-0.05, 0) is 58.8 Å². The summed E-state index contributed by atoms with van der Waals surface area (Å²) in [5.41, 5.74) is 0.231. The van der Waals surface area contributed by atoms with Gasteiger partial charge in [-0.1, -0.05) is 12.1 Å². The molecule has 1 aromatic rings. The first-order valence-electron chi connectivity index (χ1n) is 8.19. The number of nitrogens with one attached hydrogen (secondary N) is 1. The molecule has 1 aromatic carbocycles. The fraction of sp³-hybridized carbons (Fsp3) is 0.588. The monoisotopic (exact) mass is 338 g/mol. The minimum absolute atomic E-state index is 0.112. The van der Waals surface area contributed by atoms with Gasteiger partial charge in [0.25, 0.3) is 5.91 Å². The third kappa shape index (κ3) is 4.12. The molecule has 5 nitrogen and oxygen atoms in total. The Morgan fingerprint density at radius 3 is 2.39 bits per heavy atom. The highest BCUT2D eigenvalue weighted by molar-refractivity contribution is 7.92. The Morgan fingerprint density at radius 2 is 1.78 bits per heavy atom. The van der Waals surface area contributed by atoms with Crippen LogP contribution in [0.15, 0.2) is 29.2 Å². The van der Waals surface area contributed by atoms with Crippen LogP contribution in [0.4, 0.5) is 0 Å². The summed E-state index contributed by atoms with van der Waals surface area (Å²) in [5.74, 6) is -0.323. The maximum Gasteiger partial charge on any atom is 0.252 e. The lowest BCUT2D eigenvalue weighted by atomic mass is 10.2. The van der Waals surface area contributed by atoms with Gasteiger partial charge in [0, 0.05) is 12.6 Å². The fourth-order valence-corrected chi connectivity index (χ4v) is 4.05. The highest BCUT2D eigenvalue weighted by Gasteiger charge is 2.25. The Morgan fingerprint density at radius 1 is 1.17 bits per heavy atom. The first-order valence-corrected chi connectivity index (χ1v) is 9.74. The zero-order chi connectivity index (χ0) is 17.0. The van der Waals surface area contributed by atoms with E-state index in [0.29, 0.717) is 6.54 Å². The molecular weight excluding hydrogens is 312 g/mol. The predicted molar refractivity (Wildman–Crippen MR) is 91.4 cm³/mol. The van der Waals surface area contributed by atoms with Crippen LogP contribution in [0.25, 0.3) is 0 Å². The summed E-state index contributed by atoms with van der Waals surface area (Å²) in [7, 11) is -3.48. The fourth-order valence-electron chi connectivity index (χ4n) is 2.80. The molecule has 1 heterocycles. The number of benzene rings is 1. The number of amides is 1. The molecule has 128 valence electrons. The first kappa shape index (κ1) is 17.9. The van der Waals surface area contributed by atoms with Gasteiger partial charge in [0.15, 0.2) is 9.84 Å². The molecule has 0 radical (unpaired) electrons. The van der Waals surface area contributed by atoms with Crippen molar-refractivity contribution in [2.75, 3.05) is 19.6 Å². The van der Waals surface area contributed by atoms with Crippen LogP contribution >= 0.6 is 0 Å². The maximum absolute atomic E-state index is 12.5. The van der Waals surface area contributed by atoms with Crippen molar-refractivity contribution in [2.24, 2.45) is 0 Å². The number of rotatable bonds is 6. The Labute approximate surface area is 139 Å². The minimum atomic E-state index is -3.48. The molecule has 0 aromatic heterocycles. The zero-order valence-electron chi connectivity index (χ0n) is 14.1. The SMILES string of the molecule is CC(C)S(=O)(=O)c1ccccc1C(=O)NC[C@H](C)N1CCCC1. The summed E-state index contributed by atoms with van der Waals surface area (Å²) in [5, 5.41) is 2.33. The third-order valence-corrected chi connectivity index (χ3v) is 6.59. The van der Waals surface area contributed by atoms with Gasteiger partial charge in [0.1, 0.15) is 0 Å². The quantitative estimate of drug-likeness (QED) is 0.862. The number of sulfone groups is 1. The topological polar surface area (TPSA) is 66.5 Å². The van der Waals surface area contributed by atoms with Crippen LogP contribution in [0, 0.1) is 0 Å². The normalized spacial score (nSPS) is 17.4. The van der Waals surface area contributed by atoms with Crippen molar-refractivity contribution in [2.45, 2.75) is 49.8 Å². The first-order chi connectivity index (χ1) is 10.8. The van der Waals surface area contributed by atoms with Crippen molar-refractivity contribution >= 4 is 15.7 Å². The molecule has 0 spiro atoms. The van der Waals surface area contributed by atoms with Crippen molar-refractivity contribution in [1.29, 1.82) is 0 Å². The van der Waals surface area contributed by atoms with E-state index in [1.165, 1.54) is 18.9 Å². The minimum Gasteiger partial charge on any atom is -0.350 e. The Bertz CT molecular complexity index is 650. The van der Waals surface area contributed by atoms with Crippen molar-refractivity contribution in [3.63, 3.8) is 0 Å². The molecule has 1 N–H and O–H groups in total. The standard InChI is InChI=1S/C17H26N2O3S/c1-13(2)23(21,22)16-9-5-4-8-15(16)17(20)18-12-14(3)19-10-6-7-11-19/h4-5,8-9,13-14H,6-7,10-12H2,1-3H3,(H,18,20)/t14-/m0/s1. The largest absolute Gasteiger partial charge is 0.350 e. The lowest BCUT2D eigenvalue weighted by Gasteiger charge is -2.24. The molecule has 1 fully saturated rings. The third-order valence-electron chi connectivity index (χ3n) is 4.38. The summed E-state index contributed by atoms with van der Waals surface area (Å²) >= 11 is 0. The smallest absolute Gasteiger partial charge is 0.252 e. The summed E-state index contributed by atoms with van der Waals surface area (Å²) in [6, 6.07) is 6.69. The van der Waals surface area contributed by atoms with Crippen LogP contribution in [-0.4, -0.2) is 50.2 Å². The van der Waals surface area contributed by atoms with Crippen LogP contribution in [0.5, 0.6) is 0 Å². The number of hydrogen-bond acceptors (Lipinski definition) is 4. The summed E-state index contributed by atoms with van der Waals surface area (Å²) in [4.78, 5) is 14.9. The molecule has 0 unspecified atom stereocenters. The molecular formula is C17H26N2O3S. The van der Waals surface area contributed by atoms with Crippen LogP contribution in [-0.2, 0) is 9.84 Å². The van der Waals surface area contributed by atoms with E-state index < -0.39 is 15.1 Å². The van der Waals surface area contributed by atoms with E-state index in [9.17, 15) is 13.2 Å². The summed E-state index contributed by atoms with van der Waals surface area (Å²) in [6.07, 6.45) is 2.40. The van der Waals surface area contributed by atoms with E-state index >= 15 is 0 Å². The number of carbonyl (C=O) groups excluding carboxylic acids is 1. The molecule has 1 atom stereocenters. The molecule has 23 heavy (non-hydrogen) atoms. The average molecular weight is 338 g/mol. The van der Waals surface area contributed by atoms with E-state index in [1.807, 2.05) is 0 Å². The predicted octanol–water partition coefficient (Wildman–Crippen LogP) is 2.08. The highest BCUT2D eigenvalue weighted by atomic mass is 32.2. The van der Waals surface area contributed by atoms with E-state index in [-0.39, 0.29) is 22.4 Å². The molecule has 0 bridgehead atoms. The Hall–Kier alpha value is -1.40. The number of likely N-dealkylation sites (tertiary alicyclic amines) is 1. The molecule has 1 aliphatic heterocycles. The number of hydrogen-bond donors (Lipinski definition) is 1. The summed E-state index contributed by atoms with van der Waals surface area (Å²) in [6.45, 7) is 7.99. The Balaban J connectivity index is 2.11. The van der Waals surface area contributed by atoms with Crippen molar-refractivity contribution in [3.05, 3.63) is 29.8 Å². The number of nitrogens with zero attached hydrogens (tertiary/aromatic N) is 1. The highest BCUT2D eigenvalue weighted by Crippen LogP contribution is 2.20. The van der Waals surface area contributed by atoms with Crippen LogP contribution in [0.1, 0.15) is 44.0 Å².